The molecule has 2 aromatic carbocycles. The molecule has 2 aromatic rings. The number of hydrogen-bond acceptors (Lipinski definition) is 7. The van der Waals surface area contributed by atoms with Crippen molar-refractivity contribution in [1.29, 1.82) is 0 Å². The molecule has 6 nitrogen and oxygen atoms in total. The topological polar surface area (TPSA) is 37.7 Å². The Balaban J connectivity index is 1.14. The summed E-state index contributed by atoms with van der Waals surface area (Å²) in [6, 6.07) is 19.3. The van der Waals surface area contributed by atoms with Gasteiger partial charge in [0.1, 0.15) is 5.71 Å². The van der Waals surface area contributed by atoms with Crippen LogP contribution < -0.4 is 4.31 Å². The molecule has 1 saturated heterocycles. The van der Waals surface area contributed by atoms with Gasteiger partial charge in [-0.15, -0.1) is 0 Å². The van der Waals surface area contributed by atoms with Gasteiger partial charge in [-0.1, -0.05) is 48.9 Å². The van der Waals surface area contributed by atoms with Gasteiger partial charge in [0.05, 0.1) is 12.3 Å². The zero-order valence-corrected chi connectivity index (χ0v) is 22.3. The largest absolute Gasteiger partial charge is 0.299 e. The second-order valence-corrected chi connectivity index (χ2v) is 11.3. The van der Waals surface area contributed by atoms with E-state index in [-0.39, 0.29) is 12.1 Å². The normalized spacial score (nSPS) is 19.3. The van der Waals surface area contributed by atoms with Crippen molar-refractivity contribution in [1.82, 2.24) is 14.1 Å². The number of nitrogens with zero attached hydrogens (tertiary/aromatic N) is 6. The van der Waals surface area contributed by atoms with Crippen molar-refractivity contribution >= 4 is 29.2 Å². The minimum atomic E-state index is -2.55. The SMILES string of the molecule is CN(CCN1CCN(C2CCC2)CC1)SN(Cc1ccc(C2=NN=C(C(F)F)C2)cc1)c1ccccc1. The fraction of sp³-hybridized carbons (Fsp3) is 0.500. The third-order valence-electron chi connectivity index (χ3n) is 7.52. The molecule has 3 aliphatic rings. The third-order valence-corrected chi connectivity index (χ3v) is 8.52. The van der Waals surface area contributed by atoms with Crippen molar-refractivity contribution in [3.8, 4) is 0 Å². The predicted octanol–water partition coefficient (Wildman–Crippen LogP) is 5.17. The molecular weight excluding hydrogens is 490 g/mol. The van der Waals surface area contributed by atoms with E-state index in [2.05, 4.69) is 72.1 Å². The fourth-order valence-corrected chi connectivity index (χ4v) is 5.90. The van der Waals surface area contributed by atoms with E-state index in [1.165, 1.54) is 45.4 Å². The minimum absolute atomic E-state index is 0.115. The van der Waals surface area contributed by atoms with E-state index in [0.717, 1.165) is 42.5 Å². The van der Waals surface area contributed by atoms with Crippen LogP contribution in [-0.4, -0.2) is 84.3 Å². The quantitative estimate of drug-likeness (QED) is 0.378. The Bertz CT molecular complexity index is 1070. The predicted molar refractivity (Wildman–Crippen MR) is 150 cm³/mol. The van der Waals surface area contributed by atoms with Gasteiger partial charge in [0.25, 0.3) is 6.43 Å². The highest BCUT2D eigenvalue weighted by molar-refractivity contribution is 7.98. The van der Waals surface area contributed by atoms with Gasteiger partial charge < -0.3 is 0 Å². The number of piperazine rings is 1. The van der Waals surface area contributed by atoms with Crippen LogP contribution in [-0.2, 0) is 6.54 Å². The van der Waals surface area contributed by atoms with E-state index in [0.29, 0.717) is 5.71 Å². The Morgan fingerprint density at radius 2 is 1.70 bits per heavy atom. The summed E-state index contributed by atoms with van der Waals surface area (Å²) in [7, 11) is 2.16. The van der Waals surface area contributed by atoms with Crippen molar-refractivity contribution in [2.24, 2.45) is 10.2 Å². The summed E-state index contributed by atoms with van der Waals surface area (Å²) in [6.45, 7) is 7.53. The Kier molecular flexibility index (Phi) is 8.86. The van der Waals surface area contributed by atoms with Gasteiger partial charge in [-0.05, 0) is 43.1 Å². The summed E-state index contributed by atoms with van der Waals surface area (Å²) in [6.07, 6.45) is 1.75. The zero-order chi connectivity index (χ0) is 25.6. The third kappa shape index (κ3) is 6.96. The second kappa shape index (κ2) is 12.5. The first-order valence-corrected chi connectivity index (χ1v) is 14.0. The molecule has 0 unspecified atom stereocenters. The maximum atomic E-state index is 12.9. The van der Waals surface area contributed by atoms with E-state index in [9.17, 15) is 8.78 Å². The van der Waals surface area contributed by atoms with Crippen LogP contribution in [0.4, 0.5) is 14.5 Å². The zero-order valence-electron chi connectivity index (χ0n) is 21.5. The lowest BCUT2D eigenvalue weighted by Gasteiger charge is -2.43. The summed E-state index contributed by atoms with van der Waals surface area (Å²) in [5.41, 5.74) is 3.58. The number of rotatable bonds is 11. The Hall–Kier alpha value is -2.33. The molecule has 198 valence electrons. The fourth-order valence-electron chi connectivity index (χ4n) is 4.97. The van der Waals surface area contributed by atoms with Gasteiger partial charge in [-0.2, -0.15) is 10.2 Å². The first-order chi connectivity index (χ1) is 18.0. The molecule has 5 rings (SSSR count). The van der Waals surface area contributed by atoms with E-state index < -0.39 is 6.43 Å². The van der Waals surface area contributed by atoms with Gasteiger partial charge >= 0.3 is 0 Å². The maximum absolute atomic E-state index is 12.9. The molecule has 0 N–H and O–H groups in total. The number of alkyl halides is 2. The average molecular weight is 527 g/mol. The summed E-state index contributed by atoms with van der Waals surface area (Å²) in [4.78, 5) is 5.28. The van der Waals surface area contributed by atoms with Crippen LogP contribution in [0.25, 0.3) is 0 Å². The highest BCUT2D eigenvalue weighted by atomic mass is 32.2. The number of halogens is 2. The molecule has 0 bridgehead atoms. The van der Waals surface area contributed by atoms with Crippen LogP contribution in [0.15, 0.2) is 64.8 Å². The molecule has 9 heteroatoms. The van der Waals surface area contributed by atoms with Crippen molar-refractivity contribution < 1.29 is 8.78 Å². The van der Waals surface area contributed by atoms with Crippen molar-refractivity contribution in [3.05, 3.63) is 65.7 Å². The molecule has 2 aliphatic heterocycles. The van der Waals surface area contributed by atoms with Crippen molar-refractivity contribution in [2.45, 2.75) is 44.7 Å². The highest BCUT2D eigenvalue weighted by Gasteiger charge is 2.28. The monoisotopic (exact) mass is 526 g/mol. The van der Waals surface area contributed by atoms with Gasteiger partial charge in [-0.25, -0.2) is 13.1 Å². The molecule has 1 aliphatic carbocycles. The average Bonchev–Trinajstić information content (AvgIpc) is 3.39. The molecule has 37 heavy (non-hydrogen) atoms. The van der Waals surface area contributed by atoms with Crippen LogP contribution in [0.3, 0.4) is 0 Å². The van der Waals surface area contributed by atoms with E-state index in [1.54, 1.807) is 12.1 Å². The molecule has 2 fully saturated rings. The van der Waals surface area contributed by atoms with E-state index in [1.807, 2.05) is 18.2 Å². The molecular formula is C28H36F2N6S. The first kappa shape index (κ1) is 26.3. The standard InChI is InChI=1S/C28H36F2N6S/c1-33(14-15-34-16-18-35(19-17-34)24-8-5-9-24)37-36(25-6-3-2-4-7-25)21-22-10-12-23(13-11-22)26-20-27(28(29)30)32-31-26/h2-4,6-7,10-13,24,28H,5,8-9,14-21H2,1H3. The van der Waals surface area contributed by atoms with Gasteiger partial charge in [-0.3, -0.25) is 14.1 Å². The Morgan fingerprint density at radius 3 is 2.32 bits per heavy atom. The second-order valence-electron chi connectivity index (χ2n) is 10.1. The van der Waals surface area contributed by atoms with Gasteiger partial charge in [0, 0.05) is 69.6 Å². The number of benzene rings is 2. The maximum Gasteiger partial charge on any atom is 0.278 e. The lowest BCUT2D eigenvalue weighted by atomic mass is 9.91. The van der Waals surface area contributed by atoms with Crippen LogP contribution in [0.2, 0.25) is 0 Å². The van der Waals surface area contributed by atoms with Crippen LogP contribution in [0.5, 0.6) is 0 Å². The Morgan fingerprint density at radius 1 is 0.973 bits per heavy atom. The lowest BCUT2D eigenvalue weighted by molar-refractivity contribution is 0.0609. The summed E-state index contributed by atoms with van der Waals surface area (Å²) < 4.78 is 30.4. The molecule has 0 radical (unpaired) electrons. The molecule has 0 atom stereocenters. The van der Waals surface area contributed by atoms with E-state index >= 15 is 0 Å². The number of para-hydroxylation sites is 1. The van der Waals surface area contributed by atoms with Crippen LogP contribution >= 0.6 is 12.1 Å². The number of hydrogen-bond donors (Lipinski definition) is 0. The first-order valence-electron chi connectivity index (χ1n) is 13.2. The molecule has 0 amide bonds. The van der Waals surface area contributed by atoms with Crippen molar-refractivity contribution in [3.63, 3.8) is 0 Å². The van der Waals surface area contributed by atoms with Gasteiger partial charge in [0.15, 0.2) is 0 Å². The molecule has 0 aromatic heterocycles. The highest BCUT2D eigenvalue weighted by Crippen LogP contribution is 2.28. The molecule has 0 spiro atoms. The number of anilines is 1. The summed E-state index contributed by atoms with van der Waals surface area (Å²) in [5.74, 6) is 0. The molecule has 2 heterocycles. The lowest BCUT2D eigenvalue weighted by Crippen LogP contribution is -2.53. The number of likely N-dealkylation sites (N-methyl/N-ethyl adjacent to an activating group) is 1. The van der Waals surface area contributed by atoms with Crippen molar-refractivity contribution in [2.75, 3.05) is 50.6 Å². The smallest absolute Gasteiger partial charge is 0.278 e. The van der Waals surface area contributed by atoms with Crippen LogP contribution in [0, 0.1) is 0 Å². The Labute approximate surface area is 223 Å². The summed E-state index contributed by atoms with van der Waals surface area (Å²) in [5, 5.41) is 7.60. The van der Waals surface area contributed by atoms with E-state index in [4.69, 9.17) is 0 Å². The van der Waals surface area contributed by atoms with Gasteiger partial charge in [0.2, 0.25) is 0 Å². The minimum Gasteiger partial charge on any atom is -0.299 e. The summed E-state index contributed by atoms with van der Waals surface area (Å²) >= 11 is 1.74. The molecule has 1 saturated carbocycles. The van der Waals surface area contributed by atoms with Crippen LogP contribution in [0.1, 0.15) is 36.8 Å².